The summed E-state index contributed by atoms with van der Waals surface area (Å²) in [7, 11) is 0. The van der Waals surface area contributed by atoms with Crippen LogP contribution >= 0.6 is 11.8 Å². The van der Waals surface area contributed by atoms with Crippen LogP contribution in [0.1, 0.15) is 18.9 Å². The molecule has 5 rings (SSSR count). The zero-order valence-corrected chi connectivity index (χ0v) is 21.4. The van der Waals surface area contributed by atoms with Crippen LogP contribution in [0.4, 0.5) is 10.1 Å². The molecule has 0 radical (unpaired) electrons. The van der Waals surface area contributed by atoms with Crippen molar-refractivity contribution in [2.24, 2.45) is 0 Å². The SMILES string of the molecule is CC(Oc1ccccc1F)c1nnc(SCC(=O)N2CCN(c3ccccc3)CC2)n1-c1ccccc1. The van der Waals surface area contributed by atoms with E-state index >= 15 is 0 Å². The fourth-order valence-electron chi connectivity index (χ4n) is 4.31. The minimum atomic E-state index is -0.569. The molecule has 1 aliphatic heterocycles. The van der Waals surface area contributed by atoms with Crippen LogP contribution in [-0.2, 0) is 4.79 Å². The summed E-state index contributed by atoms with van der Waals surface area (Å²) in [6.45, 7) is 4.77. The zero-order valence-electron chi connectivity index (χ0n) is 20.5. The summed E-state index contributed by atoms with van der Waals surface area (Å²) in [5.74, 6) is 0.557. The molecule has 1 amide bonds. The van der Waals surface area contributed by atoms with Crippen molar-refractivity contribution in [3.63, 3.8) is 0 Å². The normalized spacial score (nSPS) is 14.4. The number of carbonyl (C=O) groups is 1. The van der Waals surface area contributed by atoms with Crippen molar-refractivity contribution < 1.29 is 13.9 Å². The average Bonchev–Trinajstić information content (AvgIpc) is 3.38. The monoisotopic (exact) mass is 517 g/mol. The van der Waals surface area contributed by atoms with Gasteiger partial charge in [-0.25, -0.2) is 4.39 Å². The highest BCUT2D eigenvalue weighted by Gasteiger charge is 2.25. The second-order valence-corrected chi connectivity index (χ2v) is 9.64. The first-order chi connectivity index (χ1) is 18.1. The molecule has 0 N–H and O–H groups in total. The van der Waals surface area contributed by atoms with E-state index in [9.17, 15) is 9.18 Å². The third kappa shape index (κ3) is 5.77. The highest BCUT2D eigenvalue weighted by atomic mass is 32.2. The number of halogens is 1. The van der Waals surface area contributed by atoms with Crippen LogP contribution in [0.2, 0.25) is 0 Å². The van der Waals surface area contributed by atoms with Crippen molar-refractivity contribution >= 4 is 23.4 Å². The molecule has 0 spiro atoms. The fourth-order valence-corrected chi connectivity index (χ4v) is 5.17. The third-order valence-electron chi connectivity index (χ3n) is 6.26. The first kappa shape index (κ1) is 24.8. The zero-order chi connectivity index (χ0) is 25.6. The highest BCUT2D eigenvalue weighted by molar-refractivity contribution is 7.99. The van der Waals surface area contributed by atoms with Crippen molar-refractivity contribution in [1.29, 1.82) is 0 Å². The van der Waals surface area contributed by atoms with Crippen molar-refractivity contribution in [3.8, 4) is 11.4 Å². The number of amides is 1. The number of carbonyl (C=O) groups excluding carboxylic acids is 1. The van der Waals surface area contributed by atoms with Crippen LogP contribution in [0.25, 0.3) is 5.69 Å². The van der Waals surface area contributed by atoms with Gasteiger partial charge >= 0.3 is 0 Å². The van der Waals surface area contributed by atoms with Crippen LogP contribution in [0.3, 0.4) is 0 Å². The van der Waals surface area contributed by atoms with Crippen molar-refractivity contribution in [3.05, 3.63) is 96.6 Å². The molecule has 1 unspecified atom stereocenters. The summed E-state index contributed by atoms with van der Waals surface area (Å²) >= 11 is 1.34. The lowest BCUT2D eigenvalue weighted by molar-refractivity contribution is -0.128. The lowest BCUT2D eigenvalue weighted by Crippen LogP contribution is -2.49. The summed E-state index contributed by atoms with van der Waals surface area (Å²) in [5.41, 5.74) is 2.03. The van der Waals surface area contributed by atoms with Gasteiger partial charge in [-0.1, -0.05) is 60.3 Å². The van der Waals surface area contributed by atoms with Gasteiger partial charge in [0.2, 0.25) is 5.91 Å². The van der Waals surface area contributed by atoms with Crippen LogP contribution in [0.5, 0.6) is 5.75 Å². The number of anilines is 1. The molecule has 0 bridgehead atoms. The molecule has 3 aromatic carbocycles. The van der Waals surface area contributed by atoms with Gasteiger partial charge in [-0.05, 0) is 43.3 Å². The van der Waals surface area contributed by atoms with E-state index in [1.165, 1.54) is 23.5 Å². The Hall–Kier alpha value is -3.85. The molecular weight excluding hydrogens is 489 g/mol. The molecule has 1 atom stereocenters. The average molecular weight is 518 g/mol. The lowest BCUT2D eigenvalue weighted by Gasteiger charge is -2.36. The Balaban J connectivity index is 1.28. The number of rotatable bonds is 8. The lowest BCUT2D eigenvalue weighted by atomic mass is 10.2. The summed E-state index contributed by atoms with van der Waals surface area (Å²) in [4.78, 5) is 17.2. The number of ether oxygens (including phenoxy) is 1. The summed E-state index contributed by atoms with van der Waals surface area (Å²) in [6, 6.07) is 26.2. The molecule has 4 aromatic rings. The van der Waals surface area contributed by atoms with E-state index in [1.807, 2.05) is 64.9 Å². The molecule has 0 saturated carbocycles. The number of aromatic nitrogens is 3. The van der Waals surface area contributed by atoms with Gasteiger partial charge in [-0.15, -0.1) is 10.2 Å². The molecule has 1 saturated heterocycles. The van der Waals surface area contributed by atoms with E-state index < -0.39 is 11.9 Å². The minimum Gasteiger partial charge on any atom is -0.480 e. The molecule has 1 aliphatic rings. The van der Waals surface area contributed by atoms with E-state index in [4.69, 9.17) is 4.74 Å². The summed E-state index contributed by atoms with van der Waals surface area (Å²) in [6.07, 6.45) is -0.569. The molecule has 0 aliphatic carbocycles. The maximum absolute atomic E-state index is 14.2. The van der Waals surface area contributed by atoms with Crippen LogP contribution in [-0.4, -0.2) is 57.5 Å². The van der Waals surface area contributed by atoms with Gasteiger partial charge in [0.15, 0.2) is 28.7 Å². The molecule has 37 heavy (non-hydrogen) atoms. The fraction of sp³-hybridized carbons (Fsp3) is 0.250. The maximum Gasteiger partial charge on any atom is 0.233 e. The number of hydrogen-bond acceptors (Lipinski definition) is 6. The van der Waals surface area contributed by atoms with Crippen LogP contribution < -0.4 is 9.64 Å². The van der Waals surface area contributed by atoms with Crippen LogP contribution in [0.15, 0.2) is 90.1 Å². The van der Waals surface area contributed by atoms with E-state index in [0.717, 1.165) is 18.8 Å². The standard InChI is InChI=1S/C28H28FN5O2S/c1-21(36-25-15-9-8-14-24(25)29)27-30-31-28(34(27)23-12-6-3-7-13-23)37-20-26(35)33-18-16-32(17-19-33)22-10-4-2-5-11-22/h2-15,21H,16-20H2,1H3. The molecule has 1 fully saturated rings. The summed E-state index contributed by atoms with van der Waals surface area (Å²) in [5, 5.41) is 9.32. The van der Waals surface area contributed by atoms with Gasteiger partial charge in [0.05, 0.1) is 5.75 Å². The second-order valence-electron chi connectivity index (χ2n) is 8.69. The Kier molecular flexibility index (Phi) is 7.70. The second kappa shape index (κ2) is 11.5. The number of benzene rings is 3. The Bertz CT molecular complexity index is 1330. The Morgan fingerprint density at radius 2 is 1.51 bits per heavy atom. The third-order valence-corrected chi connectivity index (χ3v) is 7.17. The van der Waals surface area contributed by atoms with E-state index in [1.54, 1.807) is 18.2 Å². The first-order valence-electron chi connectivity index (χ1n) is 12.2. The van der Waals surface area contributed by atoms with Gasteiger partial charge < -0.3 is 14.5 Å². The van der Waals surface area contributed by atoms with Gasteiger partial charge in [0.1, 0.15) is 0 Å². The quantitative estimate of drug-likeness (QED) is 0.307. The van der Waals surface area contributed by atoms with Crippen molar-refractivity contribution in [1.82, 2.24) is 19.7 Å². The van der Waals surface area contributed by atoms with Crippen molar-refractivity contribution in [2.45, 2.75) is 18.2 Å². The predicted octanol–water partition coefficient (Wildman–Crippen LogP) is 4.99. The van der Waals surface area contributed by atoms with Crippen molar-refractivity contribution in [2.75, 3.05) is 36.8 Å². The Morgan fingerprint density at radius 1 is 0.892 bits per heavy atom. The maximum atomic E-state index is 14.2. The minimum absolute atomic E-state index is 0.0672. The predicted molar refractivity (Wildman–Crippen MR) is 143 cm³/mol. The molecule has 190 valence electrons. The van der Waals surface area contributed by atoms with Gasteiger partial charge in [0, 0.05) is 37.6 Å². The van der Waals surface area contributed by atoms with E-state index in [2.05, 4.69) is 27.2 Å². The van der Waals surface area contributed by atoms with Crippen LogP contribution in [0, 0.1) is 5.82 Å². The Labute approximate surface area is 219 Å². The molecule has 2 heterocycles. The number of piperazine rings is 1. The summed E-state index contributed by atoms with van der Waals surface area (Å²) < 4.78 is 21.9. The largest absolute Gasteiger partial charge is 0.480 e. The van der Waals surface area contributed by atoms with E-state index in [-0.39, 0.29) is 17.4 Å². The molecule has 1 aromatic heterocycles. The highest BCUT2D eigenvalue weighted by Crippen LogP contribution is 2.29. The van der Waals surface area contributed by atoms with Gasteiger partial charge in [-0.3, -0.25) is 9.36 Å². The number of thioether (sulfide) groups is 1. The van der Waals surface area contributed by atoms with Gasteiger partial charge in [-0.2, -0.15) is 0 Å². The number of para-hydroxylation sites is 3. The topological polar surface area (TPSA) is 63.5 Å². The first-order valence-corrected chi connectivity index (χ1v) is 13.2. The smallest absolute Gasteiger partial charge is 0.233 e. The van der Waals surface area contributed by atoms with E-state index in [0.29, 0.717) is 24.1 Å². The van der Waals surface area contributed by atoms with Gasteiger partial charge in [0.25, 0.3) is 0 Å². The molecule has 9 heteroatoms. The molecular formula is C28H28FN5O2S. The number of nitrogens with zero attached hydrogens (tertiary/aromatic N) is 5. The number of hydrogen-bond donors (Lipinski definition) is 0. The molecule has 7 nitrogen and oxygen atoms in total. The Morgan fingerprint density at radius 3 is 2.19 bits per heavy atom.